The fraction of sp³-hybridized carbons (Fsp3) is 0.450. The Kier molecular flexibility index (Phi) is 5.39. The highest BCUT2D eigenvalue weighted by Gasteiger charge is 2.34. The van der Waals surface area contributed by atoms with Gasteiger partial charge in [0, 0.05) is 32.2 Å². The number of para-hydroxylation sites is 2. The van der Waals surface area contributed by atoms with Crippen LogP contribution in [0.5, 0.6) is 11.5 Å². The van der Waals surface area contributed by atoms with Crippen molar-refractivity contribution in [2.45, 2.75) is 26.0 Å². The molecule has 0 aliphatic carbocycles. The number of nitrogens with one attached hydrogen (secondary N) is 1. The number of carbonyl (C=O) groups excluding carboxylic acids is 2. The number of hydrogen-bond donors (Lipinski definition) is 1. The molecule has 0 spiro atoms. The second kappa shape index (κ2) is 8.12. The zero-order chi connectivity index (χ0) is 20.4. The number of carbonyl (C=O) groups is 2. The van der Waals surface area contributed by atoms with Gasteiger partial charge in [-0.2, -0.15) is 0 Å². The van der Waals surface area contributed by atoms with Gasteiger partial charge in [-0.15, -0.1) is 0 Å². The molecular weight excluding hydrogens is 376 g/mol. The second-order valence-corrected chi connectivity index (χ2v) is 7.22. The monoisotopic (exact) mass is 400 g/mol. The number of amides is 2. The van der Waals surface area contributed by atoms with Gasteiger partial charge in [0.05, 0.1) is 11.7 Å². The van der Waals surface area contributed by atoms with Crippen molar-refractivity contribution in [2.75, 3.05) is 38.1 Å². The summed E-state index contributed by atoms with van der Waals surface area (Å²) in [5, 5.41) is 6.49. The third kappa shape index (κ3) is 4.19. The number of ether oxygens (including phenoxy) is 2. The van der Waals surface area contributed by atoms with E-state index in [0.29, 0.717) is 49.3 Å². The van der Waals surface area contributed by atoms with Crippen molar-refractivity contribution in [1.82, 2.24) is 15.0 Å². The van der Waals surface area contributed by atoms with E-state index in [1.807, 2.05) is 30.0 Å². The number of nitrogens with zero attached hydrogens (tertiary/aromatic N) is 3. The Morgan fingerprint density at radius 3 is 2.59 bits per heavy atom. The summed E-state index contributed by atoms with van der Waals surface area (Å²) in [4.78, 5) is 29.1. The minimum absolute atomic E-state index is 0.0895. The predicted octanol–water partition coefficient (Wildman–Crippen LogP) is 1.29. The maximum Gasteiger partial charge on any atom is 0.267 e. The molecule has 9 heteroatoms. The largest absolute Gasteiger partial charge is 0.485 e. The van der Waals surface area contributed by atoms with E-state index >= 15 is 0 Å². The minimum Gasteiger partial charge on any atom is -0.485 e. The number of anilines is 1. The van der Waals surface area contributed by atoms with Crippen LogP contribution in [-0.4, -0.2) is 71.7 Å². The van der Waals surface area contributed by atoms with E-state index in [-0.39, 0.29) is 24.5 Å². The van der Waals surface area contributed by atoms with E-state index in [4.69, 9.17) is 14.0 Å². The molecule has 1 saturated heterocycles. The van der Waals surface area contributed by atoms with Gasteiger partial charge in [-0.3, -0.25) is 19.8 Å². The van der Waals surface area contributed by atoms with Crippen LogP contribution >= 0.6 is 0 Å². The quantitative estimate of drug-likeness (QED) is 0.826. The summed E-state index contributed by atoms with van der Waals surface area (Å²) in [5.41, 5.74) is 0.705. The molecule has 0 radical (unpaired) electrons. The maximum atomic E-state index is 12.8. The summed E-state index contributed by atoms with van der Waals surface area (Å²) >= 11 is 0. The van der Waals surface area contributed by atoms with Crippen molar-refractivity contribution in [3.8, 4) is 11.5 Å². The lowest BCUT2D eigenvalue weighted by molar-refractivity contribution is -0.143. The molecule has 0 unspecified atom stereocenters. The van der Waals surface area contributed by atoms with Crippen molar-refractivity contribution in [2.24, 2.45) is 0 Å². The van der Waals surface area contributed by atoms with Crippen LogP contribution in [0.3, 0.4) is 0 Å². The average Bonchev–Trinajstić information content (AvgIpc) is 3.16. The molecule has 2 atom stereocenters. The van der Waals surface area contributed by atoms with Crippen LogP contribution in [0.4, 0.5) is 5.88 Å². The van der Waals surface area contributed by atoms with Crippen LogP contribution in [-0.2, 0) is 9.59 Å². The van der Waals surface area contributed by atoms with E-state index < -0.39 is 6.10 Å². The SMILES string of the molecule is Cc1cc(NC(=O)[C@@H](C)N2CCN(C(=O)[C@@H]3COc4ccccc4O3)CC2)on1. The van der Waals surface area contributed by atoms with Crippen LogP contribution < -0.4 is 14.8 Å². The normalized spacial score (nSPS) is 20.2. The van der Waals surface area contributed by atoms with Gasteiger partial charge in [0.25, 0.3) is 5.91 Å². The number of aryl methyl sites for hydroxylation is 1. The molecular formula is C20H24N4O5. The number of hydrogen-bond acceptors (Lipinski definition) is 7. The van der Waals surface area contributed by atoms with Crippen molar-refractivity contribution >= 4 is 17.7 Å². The van der Waals surface area contributed by atoms with E-state index in [2.05, 4.69) is 10.5 Å². The summed E-state index contributed by atoms with van der Waals surface area (Å²) in [6, 6.07) is 8.65. The molecule has 29 heavy (non-hydrogen) atoms. The molecule has 1 N–H and O–H groups in total. The molecule has 2 aromatic rings. The first-order valence-corrected chi connectivity index (χ1v) is 9.67. The molecule has 154 valence electrons. The average molecular weight is 400 g/mol. The lowest BCUT2D eigenvalue weighted by atomic mass is 10.2. The molecule has 2 aliphatic rings. The Morgan fingerprint density at radius 1 is 1.17 bits per heavy atom. The van der Waals surface area contributed by atoms with E-state index in [1.54, 1.807) is 24.0 Å². The van der Waals surface area contributed by atoms with E-state index in [9.17, 15) is 9.59 Å². The first-order chi connectivity index (χ1) is 14.0. The van der Waals surface area contributed by atoms with Crippen molar-refractivity contribution in [3.63, 3.8) is 0 Å². The number of benzene rings is 1. The van der Waals surface area contributed by atoms with Crippen molar-refractivity contribution < 1.29 is 23.6 Å². The predicted molar refractivity (Wildman–Crippen MR) is 104 cm³/mol. The third-order valence-corrected chi connectivity index (χ3v) is 5.21. The highest BCUT2D eigenvalue weighted by molar-refractivity contribution is 5.93. The van der Waals surface area contributed by atoms with Gasteiger partial charge >= 0.3 is 0 Å². The zero-order valence-corrected chi connectivity index (χ0v) is 16.5. The Bertz CT molecular complexity index is 891. The summed E-state index contributed by atoms with van der Waals surface area (Å²) in [7, 11) is 0. The standard InChI is InChI=1S/C20H24N4O5/c1-13-11-18(29-22-13)21-19(25)14(2)23-7-9-24(10-8-23)20(26)17-12-27-15-5-3-4-6-16(15)28-17/h3-6,11,14,17H,7-10,12H2,1-2H3,(H,21,25)/t14-,17+/m1/s1. The number of rotatable bonds is 4. The first kappa shape index (κ1) is 19.3. The number of fused-ring (bicyclic) bond motifs is 1. The maximum absolute atomic E-state index is 12.8. The Balaban J connectivity index is 1.29. The highest BCUT2D eigenvalue weighted by atomic mass is 16.6. The van der Waals surface area contributed by atoms with Gasteiger partial charge in [-0.1, -0.05) is 17.3 Å². The van der Waals surface area contributed by atoms with Gasteiger partial charge < -0.3 is 18.9 Å². The fourth-order valence-electron chi connectivity index (χ4n) is 3.49. The molecule has 1 aromatic carbocycles. The molecule has 3 heterocycles. The molecule has 2 amide bonds. The van der Waals surface area contributed by atoms with Crippen LogP contribution in [0, 0.1) is 6.92 Å². The lowest BCUT2D eigenvalue weighted by Crippen LogP contribution is -2.57. The number of aromatic nitrogens is 1. The summed E-state index contributed by atoms with van der Waals surface area (Å²) in [6.45, 7) is 6.08. The van der Waals surface area contributed by atoms with E-state index in [1.165, 1.54) is 0 Å². The van der Waals surface area contributed by atoms with Gasteiger partial charge in [0.2, 0.25) is 17.9 Å². The zero-order valence-electron chi connectivity index (χ0n) is 16.5. The third-order valence-electron chi connectivity index (χ3n) is 5.21. The summed E-state index contributed by atoms with van der Waals surface area (Å²) in [6.07, 6.45) is -0.646. The minimum atomic E-state index is -0.646. The lowest BCUT2D eigenvalue weighted by Gasteiger charge is -2.39. The van der Waals surface area contributed by atoms with Crippen LogP contribution in [0.15, 0.2) is 34.9 Å². The molecule has 0 bridgehead atoms. The van der Waals surface area contributed by atoms with Crippen LogP contribution in [0.2, 0.25) is 0 Å². The fourth-order valence-corrected chi connectivity index (χ4v) is 3.49. The van der Waals surface area contributed by atoms with Gasteiger partial charge in [0.15, 0.2) is 11.5 Å². The molecule has 4 rings (SSSR count). The Labute approximate surface area is 168 Å². The van der Waals surface area contributed by atoms with Crippen molar-refractivity contribution in [1.29, 1.82) is 0 Å². The summed E-state index contributed by atoms with van der Waals surface area (Å²) in [5.74, 6) is 1.32. The van der Waals surface area contributed by atoms with Crippen molar-refractivity contribution in [3.05, 3.63) is 36.0 Å². The number of piperazine rings is 1. The molecule has 1 aromatic heterocycles. The first-order valence-electron chi connectivity index (χ1n) is 9.67. The van der Waals surface area contributed by atoms with Crippen LogP contribution in [0.25, 0.3) is 0 Å². The molecule has 2 aliphatic heterocycles. The molecule has 0 saturated carbocycles. The smallest absolute Gasteiger partial charge is 0.267 e. The highest BCUT2D eigenvalue weighted by Crippen LogP contribution is 2.31. The Hall–Kier alpha value is -3.07. The molecule has 9 nitrogen and oxygen atoms in total. The molecule has 1 fully saturated rings. The summed E-state index contributed by atoms with van der Waals surface area (Å²) < 4.78 is 16.5. The Morgan fingerprint density at radius 2 is 1.90 bits per heavy atom. The van der Waals surface area contributed by atoms with Crippen LogP contribution in [0.1, 0.15) is 12.6 Å². The van der Waals surface area contributed by atoms with Gasteiger partial charge in [-0.05, 0) is 26.0 Å². The van der Waals surface area contributed by atoms with E-state index in [0.717, 1.165) is 0 Å². The van der Waals surface area contributed by atoms with Gasteiger partial charge in [0.1, 0.15) is 6.61 Å². The second-order valence-electron chi connectivity index (χ2n) is 7.22. The van der Waals surface area contributed by atoms with Gasteiger partial charge in [-0.25, -0.2) is 0 Å². The topological polar surface area (TPSA) is 97.1 Å².